The Balaban J connectivity index is 1.67. The lowest BCUT2D eigenvalue weighted by atomic mass is 10.0. The minimum atomic E-state index is -4.38. The molecule has 1 aromatic heterocycles. The van der Waals surface area contributed by atoms with Crippen LogP contribution in [0.15, 0.2) is 66.9 Å². The molecule has 0 aliphatic heterocycles. The van der Waals surface area contributed by atoms with E-state index in [1.165, 1.54) is 12.1 Å². The first kappa shape index (κ1) is 20.5. The van der Waals surface area contributed by atoms with Gasteiger partial charge in [0.05, 0.1) is 25.3 Å². The summed E-state index contributed by atoms with van der Waals surface area (Å²) in [5.41, 5.74) is 1.19. The molecule has 31 heavy (non-hydrogen) atoms. The van der Waals surface area contributed by atoms with E-state index in [-0.39, 0.29) is 0 Å². The number of pyridine rings is 1. The normalized spacial score (nSPS) is 11.4. The van der Waals surface area contributed by atoms with E-state index in [0.29, 0.717) is 39.6 Å². The van der Waals surface area contributed by atoms with Crippen molar-refractivity contribution in [3.8, 4) is 34.1 Å². The predicted molar refractivity (Wildman–Crippen MR) is 111 cm³/mol. The first-order chi connectivity index (χ1) is 14.9. The maximum atomic E-state index is 12.8. The number of rotatable bonds is 5. The number of halogens is 3. The lowest BCUT2D eigenvalue weighted by Gasteiger charge is -2.13. The smallest absolute Gasteiger partial charge is 0.416 e. The predicted octanol–water partition coefficient (Wildman–Crippen LogP) is 6.53. The van der Waals surface area contributed by atoms with Crippen molar-refractivity contribution in [1.82, 2.24) is 4.98 Å². The van der Waals surface area contributed by atoms with Crippen LogP contribution in [0.2, 0.25) is 0 Å². The van der Waals surface area contributed by atoms with E-state index < -0.39 is 11.7 Å². The van der Waals surface area contributed by atoms with Crippen molar-refractivity contribution in [3.05, 3.63) is 78.5 Å². The average molecular weight is 424 g/mol. The summed E-state index contributed by atoms with van der Waals surface area (Å²) in [6.07, 6.45) is -2.76. The van der Waals surface area contributed by atoms with Crippen LogP contribution >= 0.6 is 0 Å². The van der Waals surface area contributed by atoms with Gasteiger partial charge in [-0.05, 0) is 53.6 Å². The molecule has 0 amide bonds. The van der Waals surface area contributed by atoms with Gasteiger partial charge in [-0.2, -0.15) is 13.2 Å². The summed E-state index contributed by atoms with van der Waals surface area (Å²) in [4.78, 5) is 4.35. The number of nitrogens with zero attached hydrogens (tertiary/aromatic N) is 1. The van der Waals surface area contributed by atoms with E-state index in [0.717, 1.165) is 17.5 Å². The standard InChI is InChI=1S/C24H17F3NO3/c1-29-22-13-19-20(14-23(22)30-2)28-11-10-21(19)31-18-5-3-4-16(12-18)15-6-8-17(9-7-15)24(25,26)27/h3,5-14H,1-2H3. The molecule has 0 N–H and O–H groups in total. The quantitative estimate of drug-likeness (QED) is 0.365. The van der Waals surface area contributed by atoms with Gasteiger partial charge in [0.15, 0.2) is 11.5 Å². The van der Waals surface area contributed by atoms with E-state index in [4.69, 9.17) is 14.2 Å². The van der Waals surface area contributed by atoms with E-state index >= 15 is 0 Å². The van der Waals surface area contributed by atoms with Crippen LogP contribution in [0.5, 0.6) is 23.0 Å². The van der Waals surface area contributed by atoms with Gasteiger partial charge >= 0.3 is 6.18 Å². The van der Waals surface area contributed by atoms with Gasteiger partial charge in [-0.1, -0.05) is 18.2 Å². The number of ether oxygens (including phenoxy) is 3. The largest absolute Gasteiger partial charge is 0.493 e. The second kappa shape index (κ2) is 8.18. The molecule has 0 saturated carbocycles. The third-order valence-electron chi connectivity index (χ3n) is 4.73. The van der Waals surface area contributed by atoms with E-state index in [1.807, 2.05) is 0 Å². The van der Waals surface area contributed by atoms with Crippen molar-refractivity contribution in [2.24, 2.45) is 0 Å². The molecule has 7 heteroatoms. The van der Waals surface area contributed by atoms with Crippen molar-refractivity contribution in [3.63, 3.8) is 0 Å². The molecule has 157 valence electrons. The number of hydrogen-bond acceptors (Lipinski definition) is 4. The highest BCUT2D eigenvalue weighted by Gasteiger charge is 2.30. The zero-order chi connectivity index (χ0) is 22.0. The molecule has 1 radical (unpaired) electrons. The molecule has 0 spiro atoms. The molecule has 0 unspecified atom stereocenters. The molecule has 1 heterocycles. The molecule has 0 aliphatic carbocycles. The van der Waals surface area contributed by atoms with Crippen LogP contribution in [0.1, 0.15) is 5.56 Å². The van der Waals surface area contributed by atoms with Gasteiger partial charge in [-0.25, -0.2) is 0 Å². The first-order valence-corrected chi connectivity index (χ1v) is 9.27. The second-order valence-electron chi connectivity index (χ2n) is 6.65. The molecule has 4 aromatic rings. The number of alkyl halides is 3. The Morgan fingerprint density at radius 2 is 1.55 bits per heavy atom. The summed E-state index contributed by atoms with van der Waals surface area (Å²) in [5, 5.41) is 0.726. The summed E-state index contributed by atoms with van der Waals surface area (Å²) in [6, 6.07) is 18.3. The van der Waals surface area contributed by atoms with Crippen LogP contribution in [0.4, 0.5) is 13.2 Å². The second-order valence-corrected chi connectivity index (χ2v) is 6.65. The maximum Gasteiger partial charge on any atom is 0.416 e. The summed E-state index contributed by atoms with van der Waals surface area (Å²) < 4.78 is 55.2. The number of fused-ring (bicyclic) bond motifs is 1. The Kier molecular flexibility index (Phi) is 5.42. The zero-order valence-electron chi connectivity index (χ0n) is 16.7. The van der Waals surface area contributed by atoms with Gasteiger partial charge in [0, 0.05) is 17.6 Å². The fourth-order valence-electron chi connectivity index (χ4n) is 3.18. The van der Waals surface area contributed by atoms with Gasteiger partial charge in [-0.15, -0.1) is 0 Å². The molecule has 4 nitrogen and oxygen atoms in total. The third-order valence-corrected chi connectivity index (χ3v) is 4.73. The van der Waals surface area contributed by atoms with Gasteiger partial charge in [0.25, 0.3) is 0 Å². The Morgan fingerprint density at radius 1 is 0.839 bits per heavy atom. The van der Waals surface area contributed by atoms with Crippen molar-refractivity contribution >= 4 is 10.9 Å². The Bertz CT molecular complexity index is 1220. The van der Waals surface area contributed by atoms with Crippen LogP contribution in [0.25, 0.3) is 22.0 Å². The lowest BCUT2D eigenvalue weighted by molar-refractivity contribution is -0.137. The number of hydrogen-bond donors (Lipinski definition) is 0. The fourth-order valence-corrected chi connectivity index (χ4v) is 3.18. The third kappa shape index (κ3) is 4.26. The molecule has 3 aromatic carbocycles. The Labute approximate surface area is 176 Å². The van der Waals surface area contributed by atoms with Crippen molar-refractivity contribution in [2.75, 3.05) is 14.2 Å². The topological polar surface area (TPSA) is 40.6 Å². The number of methoxy groups -OCH3 is 2. The summed E-state index contributed by atoms with van der Waals surface area (Å²) in [5.74, 6) is 2.16. The van der Waals surface area contributed by atoms with Crippen molar-refractivity contribution in [1.29, 1.82) is 0 Å². The van der Waals surface area contributed by atoms with Crippen molar-refractivity contribution < 1.29 is 27.4 Å². The minimum Gasteiger partial charge on any atom is -0.493 e. The molecule has 4 rings (SSSR count). The maximum absolute atomic E-state index is 12.8. The molecule has 0 aliphatic rings. The average Bonchev–Trinajstić information content (AvgIpc) is 2.78. The molecule has 0 fully saturated rings. The summed E-state index contributed by atoms with van der Waals surface area (Å²) in [7, 11) is 3.09. The highest BCUT2D eigenvalue weighted by atomic mass is 19.4. The van der Waals surface area contributed by atoms with Crippen LogP contribution in [-0.2, 0) is 6.18 Å². The van der Waals surface area contributed by atoms with E-state index in [2.05, 4.69) is 11.1 Å². The van der Waals surface area contributed by atoms with Gasteiger partial charge in [0.1, 0.15) is 11.5 Å². The number of aromatic nitrogens is 1. The summed E-state index contributed by atoms with van der Waals surface area (Å²) >= 11 is 0. The molecular weight excluding hydrogens is 407 g/mol. The van der Waals surface area contributed by atoms with Gasteiger partial charge in [0.2, 0.25) is 0 Å². The molecule has 0 bridgehead atoms. The van der Waals surface area contributed by atoms with E-state index in [1.54, 1.807) is 56.8 Å². The fraction of sp³-hybridized carbons (Fsp3) is 0.125. The molecular formula is C24H17F3NO3. The van der Waals surface area contributed by atoms with E-state index in [9.17, 15) is 13.2 Å². The van der Waals surface area contributed by atoms with Crippen LogP contribution < -0.4 is 14.2 Å². The Morgan fingerprint density at radius 3 is 2.23 bits per heavy atom. The highest BCUT2D eigenvalue weighted by molar-refractivity contribution is 5.88. The van der Waals surface area contributed by atoms with Crippen molar-refractivity contribution in [2.45, 2.75) is 6.18 Å². The Hall–Kier alpha value is -3.74. The summed E-state index contributed by atoms with van der Waals surface area (Å²) in [6.45, 7) is 0. The SMILES string of the molecule is COc1cc2nccc(Oc3cc[c]c(-c4ccc(C(F)(F)F)cc4)c3)c2cc1OC. The minimum absolute atomic E-state index is 0.510. The van der Waals surface area contributed by atoms with Crippen LogP contribution in [0, 0.1) is 6.07 Å². The lowest BCUT2D eigenvalue weighted by Crippen LogP contribution is -2.03. The number of benzene rings is 3. The zero-order valence-corrected chi connectivity index (χ0v) is 16.7. The first-order valence-electron chi connectivity index (χ1n) is 9.27. The van der Waals surface area contributed by atoms with Gasteiger partial charge < -0.3 is 14.2 Å². The highest BCUT2D eigenvalue weighted by Crippen LogP contribution is 2.37. The molecule has 0 saturated heterocycles. The van der Waals surface area contributed by atoms with Crippen LogP contribution in [-0.4, -0.2) is 19.2 Å². The van der Waals surface area contributed by atoms with Crippen LogP contribution in [0.3, 0.4) is 0 Å². The molecule has 0 atom stereocenters. The van der Waals surface area contributed by atoms with Gasteiger partial charge in [-0.3, -0.25) is 4.98 Å². The monoisotopic (exact) mass is 424 g/mol.